The van der Waals surface area contributed by atoms with Gasteiger partial charge < -0.3 is 23.7 Å². The summed E-state index contributed by atoms with van der Waals surface area (Å²) < 4.78 is 17.6. The molecule has 1 aromatic heterocycles. The topological polar surface area (TPSA) is 72.2 Å². The normalized spacial score (nSPS) is 15.2. The van der Waals surface area contributed by atoms with Gasteiger partial charge in [-0.15, -0.1) is 0 Å². The molecule has 7 nitrogen and oxygen atoms in total. The largest absolute Gasteiger partial charge is 0.494 e. The van der Waals surface area contributed by atoms with Crippen molar-refractivity contribution >= 4 is 16.9 Å². The predicted molar refractivity (Wildman–Crippen MR) is 141 cm³/mol. The molecule has 3 aromatic rings. The Kier molecular flexibility index (Phi) is 7.99. The second-order valence-corrected chi connectivity index (χ2v) is 9.29. The van der Waals surface area contributed by atoms with Gasteiger partial charge in [0.2, 0.25) is 5.76 Å². The zero-order valence-corrected chi connectivity index (χ0v) is 21.9. The van der Waals surface area contributed by atoms with Gasteiger partial charge in [-0.05, 0) is 76.7 Å². The number of benzene rings is 2. The summed E-state index contributed by atoms with van der Waals surface area (Å²) in [5.41, 5.74) is 1.40. The third kappa shape index (κ3) is 5.12. The molecule has 0 aliphatic carbocycles. The van der Waals surface area contributed by atoms with E-state index in [1.807, 2.05) is 45.0 Å². The minimum absolute atomic E-state index is 0.0106. The van der Waals surface area contributed by atoms with Crippen molar-refractivity contribution in [2.24, 2.45) is 0 Å². The van der Waals surface area contributed by atoms with Gasteiger partial charge in [-0.2, -0.15) is 0 Å². The van der Waals surface area contributed by atoms with E-state index in [0.717, 1.165) is 31.6 Å². The summed E-state index contributed by atoms with van der Waals surface area (Å²) in [6.07, 6.45) is 0.805. The summed E-state index contributed by atoms with van der Waals surface area (Å²) in [6.45, 7) is 13.9. The third-order valence-corrected chi connectivity index (χ3v) is 6.56. The second-order valence-electron chi connectivity index (χ2n) is 9.29. The fourth-order valence-corrected chi connectivity index (χ4v) is 4.87. The average molecular weight is 493 g/mol. The molecule has 1 amide bonds. The van der Waals surface area contributed by atoms with E-state index in [0.29, 0.717) is 41.2 Å². The van der Waals surface area contributed by atoms with Gasteiger partial charge in [-0.3, -0.25) is 9.59 Å². The molecule has 1 unspecified atom stereocenters. The monoisotopic (exact) mass is 492 g/mol. The fraction of sp³-hybridized carbons (Fsp3) is 0.448. The summed E-state index contributed by atoms with van der Waals surface area (Å²) in [5, 5.41) is 0.439. The van der Waals surface area contributed by atoms with E-state index in [1.165, 1.54) is 0 Å². The summed E-state index contributed by atoms with van der Waals surface area (Å²) in [6, 6.07) is 12.3. The molecule has 2 aromatic carbocycles. The van der Waals surface area contributed by atoms with Crippen molar-refractivity contribution in [3.63, 3.8) is 0 Å². The molecule has 0 spiro atoms. The maximum Gasteiger partial charge on any atom is 0.290 e. The van der Waals surface area contributed by atoms with Gasteiger partial charge in [-0.25, -0.2) is 0 Å². The molecule has 0 radical (unpaired) electrons. The molecule has 0 N–H and O–H groups in total. The van der Waals surface area contributed by atoms with Gasteiger partial charge in [0.15, 0.2) is 5.43 Å². The van der Waals surface area contributed by atoms with Crippen LogP contribution in [0.15, 0.2) is 51.7 Å². The number of ether oxygens (including phenoxy) is 2. The van der Waals surface area contributed by atoms with Crippen LogP contribution in [0.25, 0.3) is 11.0 Å². The van der Waals surface area contributed by atoms with Crippen molar-refractivity contribution in [2.45, 2.75) is 53.2 Å². The Morgan fingerprint density at radius 2 is 1.81 bits per heavy atom. The standard InChI is InChI=1S/C29H36N2O5/c1-6-30(7-2)15-10-16-31-26(20-11-9-12-22(17-20)35-19(4)5)25-27(32)23-14-13-21(34-8-3)18-24(23)36-28(25)29(31)33/h9,11-14,17-19,26H,6-8,10,15-16H2,1-5H3. The van der Waals surface area contributed by atoms with Crippen LogP contribution in [0.1, 0.15) is 68.8 Å². The molecule has 0 saturated heterocycles. The van der Waals surface area contributed by atoms with Crippen molar-refractivity contribution in [3.05, 3.63) is 69.6 Å². The van der Waals surface area contributed by atoms with E-state index in [-0.39, 0.29) is 23.2 Å². The van der Waals surface area contributed by atoms with Gasteiger partial charge in [-0.1, -0.05) is 26.0 Å². The Bertz CT molecular complexity index is 1280. The van der Waals surface area contributed by atoms with E-state index in [1.54, 1.807) is 23.1 Å². The maximum atomic E-state index is 13.8. The molecule has 192 valence electrons. The summed E-state index contributed by atoms with van der Waals surface area (Å²) in [4.78, 5) is 31.6. The first-order chi connectivity index (χ1) is 17.4. The van der Waals surface area contributed by atoms with Crippen LogP contribution in [-0.4, -0.2) is 54.6 Å². The first kappa shape index (κ1) is 25.8. The van der Waals surface area contributed by atoms with E-state index in [9.17, 15) is 9.59 Å². The summed E-state index contributed by atoms with van der Waals surface area (Å²) in [5.74, 6) is 1.16. The molecule has 1 aliphatic heterocycles. The highest BCUT2D eigenvalue weighted by molar-refractivity contribution is 5.99. The number of hydrogen-bond donors (Lipinski definition) is 0. The number of carbonyl (C=O) groups excluding carboxylic acids is 1. The molecule has 0 bridgehead atoms. The molecule has 36 heavy (non-hydrogen) atoms. The van der Waals surface area contributed by atoms with E-state index < -0.39 is 6.04 Å². The quantitative estimate of drug-likeness (QED) is 0.364. The van der Waals surface area contributed by atoms with Gasteiger partial charge >= 0.3 is 0 Å². The van der Waals surface area contributed by atoms with Gasteiger partial charge in [0, 0.05) is 12.6 Å². The zero-order chi connectivity index (χ0) is 25.8. The lowest BCUT2D eigenvalue weighted by atomic mass is 9.98. The van der Waals surface area contributed by atoms with Crippen LogP contribution in [0.5, 0.6) is 11.5 Å². The molecule has 1 atom stereocenters. The lowest BCUT2D eigenvalue weighted by molar-refractivity contribution is 0.0719. The zero-order valence-electron chi connectivity index (χ0n) is 21.9. The molecule has 0 saturated carbocycles. The Morgan fingerprint density at radius 1 is 1.03 bits per heavy atom. The third-order valence-electron chi connectivity index (χ3n) is 6.56. The highest BCUT2D eigenvalue weighted by Gasteiger charge is 2.42. The molecule has 2 heterocycles. The van der Waals surface area contributed by atoms with Crippen LogP contribution in [0, 0.1) is 0 Å². The van der Waals surface area contributed by atoms with Crippen molar-refractivity contribution in [1.29, 1.82) is 0 Å². The SMILES string of the molecule is CCOc1ccc2c(=O)c3c(oc2c1)C(=O)N(CCCN(CC)CC)C3c1cccc(OC(C)C)c1. The van der Waals surface area contributed by atoms with Crippen LogP contribution in [0.4, 0.5) is 0 Å². The molecule has 1 aliphatic rings. The van der Waals surface area contributed by atoms with E-state index >= 15 is 0 Å². The lowest BCUT2D eigenvalue weighted by Crippen LogP contribution is -2.33. The highest BCUT2D eigenvalue weighted by atomic mass is 16.5. The Hall–Kier alpha value is -3.32. The highest BCUT2D eigenvalue weighted by Crippen LogP contribution is 2.39. The average Bonchev–Trinajstić information content (AvgIpc) is 3.13. The van der Waals surface area contributed by atoms with Gasteiger partial charge in [0.1, 0.15) is 17.1 Å². The minimum Gasteiger partial charge on any atom is -0.494 e. The number of fused-ring (bicyclic) bond motifs is 2. The molecular weight excluding hydrogens is 456 g/mol. The predicted octanol–water partition coefficient (Wildman–Crippen LogP) is 5.26. The molecule has 0 fully saturated rings. The smallest absolute Gasteiger partial charge is 0.290 e. The van der Waals surface area contributed by atoms with Crippen LogP contribution in [0.2, 0.25) is 0 Å². The maximum absolute atomic E-state index is 13.8. The Labute approximate surface area is 212 Å². The molecule has 7 heteroatoms. The Morgan fingerprint density at radius 3 is 2.50 bits per heavy atom. The van der Waals surface area contributed by atoms with Crippen LogP contribution in [-0.2, 0) is 0 Å². The Balaban J connectivity index is 1.80. The van der Waals surface area contributed by atoms with Crippen LogP contribution in [0.3, 0.4) is 0 Å². The number of hydrogen-bond acceptors (Lipinski definition) is 6. The molecular formula is C29H36N2O5. The van der Waals surface area contributed by atoms with Crippen LogP contribution < -0.4 is 14.9 Å². The van der Waals surface area contributed by atoms with Gasteiger partial charge in [0.05, 0.1) is 29.7 Å². The van der Waals surface area contributed by atoms with Crippen molar-refractivity contribution in [1.82, 2.24) is 9.80 Å². The van der Waals surface area contributed by atoms with Crippen molar-refractivity contribution in [3.8, 4) is 11.5 Å². The van der Waals surface area contributed by atoms with Crippen molar-refractivity contribution in [2.75, 3.05) is 32.8 Å². The molecule has 4 rings (SSSR count). The number of amides is 1. The minimum atomic E-state index is -0.535. The number of carbonyl (C=O) groups is 1. The summed E-state index contributed by atoms with van der Waals surface area (Å²) >= 11 is 0. The first-order valence-corrected chi connectivity index (χ1v) is 12.9. The summed E-state index contributed by atoms with van der Waals surface area (Å²) in [7, 11) is 0. The van der Waals surface area contributed by atoms with Gasteiger partial charge in [0.25, 0.3) is 5.91 Å². The van der Waals surface area contributed by atoms with Crippen LogP contribution >= 0.6 is 0 Å². The second kappa shape index (κ2) is 11.2. The lowest BCUT2D eigenvalue weighted by Gasteiger charge is -2.27. The van der Waals surface area contributed by atoms with Crippen molar-refractivity contribution < 1.29 is 18.7 Å². The van der Waals surface area contributed by atoms with E-state index in [2.05, 4.69) is 18.7 Å². The first-order valence-electron chi connectivity index (χ1n) is 12.9. The number of nitrogens with zero attached hydrogens (tertiary/aromatic N) is 2. The fourth-order valence-electron chi connectivity index (χ4n) is 4.87. The number of rotatable bonds is 11. The van der Waals surface area contributed by atoms with E-state index in [4.69, 9.17) is 13.9 Å².